The minimum atomic E-state index is -0.346. The molecule has 0 radical (unpaired) electrons. The second-order valence-electron chi connectivity index (χ2n) is 2.82. The van der Waals surface area contributed by atoms with Gasteiger partial charge < -0.3 is 5.11 Å². The van der Waals surface area contributed by atoms with Crippen LogP contribution in [0, 0.1) is 0 Å². The van der Waals surface area contributed by atoms with Crippen molar-refractivity contribution in [3.05, 3.63) is 46.1 Å². The van der Waals surface area contributed by atoms with Crippen molar-refractivity contribution in [3.63, 3.8) is 0 Å². The van der Waals surface area contributed by atoms with Gasteiger partial charge in [-0.25, -0.2) is 0 Å². The molecule has 0 fully saturated rings. The Morgan fingerprint density at radius 1 is 1.38 bits per heavy atom. The molecule has 0 amide bonds. The predicted octanol–water partition coefficient (Wildman–Crippen LogP) is 2.18. The van der Waals surface area contributed by atoms with E-state index in [0.29, 0.717) is 5.56 Å². The lowest BCUT2D eigenvalue weighted by Gasteiger charge is -1.98. The molecule has 13 heavy (non-hydrogen) atoms. The summed E-state index contributed by atoms with van der Waals surface area (Å²) in [6.07, 6.45) is 1.86. The van der Waals surface area contributed by atoms with Crippen molar-refractivity contribution in [3.8, 4) is 5.75 Å². The van der Waals surface area contributed by atoms with Gasteiger partial charge in [-0.3, -0.25) is 4.79 Å². The van der Waals surface area contributed by atoms with Crippen molar-refractivity contribution in [2.24, 2.45) is 0 Å². The summed E-state index contributed by atoms with van der Waals surface area (Å²) >= 11 is 0. The fourth-order valence-electron chi connectivity index (χ4n) is 1.06. The van der Waals surface area contributed by atoms with E-state index in [2.05, 4.69) is 0 Å². The third-order valence-corrected chi connectivity index (χ3v) is 1.97. The Labute approximate surface area is 77.2 Å². The molecule has 1 aromatic carbocycles. The smallest absolute Gasteiger partial charge is 0.220 e. The number of rotatable bonds is 1. The first-order valence-electron chi connectivity index (χ1n) is 4.12. The third-order valence-electron chi connectivity index (χ3n) is 1.97. The fourth-order valence-corrected chi connectivity index (χ4v) is 1.06. The van der Waals surface area contributed by atoms with Gasteiger partial charge in [0.05, 0.1) is 0 Å². The average Bonchev–Trinajstić information content (AvgIpc) is 2.29. The van der Waals surface area contributed by atoms with Crippen LogP contribution in [0.1, 0.15) is 19.4 Å². The van der Waals surface area contributed by atoms with Crippen LogP contribution in [0.5, 0.6) is 5.75 Å². The van der Waals surface area contributed by atoms with Crippen LogP contribution in [0.15, 0.2) is 35.1 Å². The molecule has 0 aromatic heterocycles. The molecule has 0 saturated heterocycles. The SMILES string of the molecule is C/C=C(\C)c1ccccc(=O)c1O. The standard InChI is InChI=1S/C11H12O2/c1-3-8(2)9-6-4-5-7-10(12)11(9)13/h3-7H,1-2H3,(H,12,13)/b8-3+. The Hall–Kier alpha value is -1.57. The molecule has 2 nitrogen and oxygen atoms in total. The molecule has 0 spiro atoms. The van der Waals surface area contributed by atoms with Crippen molar-refractivity contribution in [1.82, 2.24) is 0 Å². The normalized spacial score (nSPS) is 11.4. The highest BCUT2D eigenvalue weighted by molar-refractivity contribution is 5.67. The lowest BCUT2D eigenvalue weighted by atomic mass is 10.1. The van der Waals surface area contributed by atoms with Gasteiger partial charge >= 0.3 is 0 Å². The summed E-state index contributed by atoms with van der Waals surface area (Å²) in [5.41, 5.74) is 1.14. The monoisotopic (exact) mass is 176 g/mol. The Kier molecular flexibility index (Phi) is 2.85. The van der Waals surface area contributed by atoms with Crippen molar-refractivity contribution in [1.29, 1.82) is 0 Å². The first-order chi connectivity index (χ1) is 6.16. The molecule has 68 valence electrons. The van der Waals surface area contributed by atoms with E-state index >= 15 is 0 Å². The predicted molar refractivity (Wildman–Crippen MR) is 53.7 cm³/mol. The highest BCUT2D eigenvalue weighted by Gasteiger charge is 2.02. The van der Waals surface area contributed by atoms with E-state index in [0.717, 1.165) is 5.57 Å². The molecule has 0 aliphatic carbocycles. The highest BCUT2D eigenvalue weighted by atomic mass is 16.3. The first-order valence-corrected chi connectivity index (χ1v) is 4.12. The molecule has 0 heterocycles. The Balaban J connectivity index is 3.50. The van der Waals surface area contributed by atoms with Crippen LogP contribution >= 0.6 is 0 Å². The zero-order valence-corrected chi connectivity index (χ0v) is 7.74. The van der Waals surface area contributed by atoms with E-state index in [9.17, 15) is 9.90 Å². The molecule has 0 atom stereocenters. The van der Waals surface area contributed by atoms with Crippen LogP contribution in [-0.4, -0.2) is 5.11 Å². The van der Waals surface area contributed by atoms with Gasteiger partial charge in [-0.1, -0.05) is 24.3 Å². The molecule has 1 aromatic rings. The molecule has 0 aliphatic heterocycles. The van der Waals surface area contributed by atoms with Gasteiger partial charge in [0, 0.05) is 5.56 Å². The third kappa shape index (κ3) is 1.96. The Morgan fingerprint density at radius 2 is 2.00 bits per heavy atom. The zero-order chi connectivity index (χ0) is 9.84. The van der Waals surface area contributed by atoms with Crippen LogP contribution in [0.25, 0.3) is 5.57 Å². The van der Waals surface area contributed by atoms with Crippen LogP contribution in [0.3, 0.4) is 0 Å². The van der Waals surface area contributed by atoms with Gasteiger partial charge in [-0.15, -0.1) is 0 Å². The van der Waals surface area contributed by atoms with Crippen LogP contribution in [-0.2, 0) is 0 Å². The summed E-state index contributed by atoms with van der Waals surface area (Å²) in [5.74, 6) is -0.180. The summed E-state index contributed by atoms with van der Waals surface area (Å²) < 4.78 is 0. The molecular formula is C11H12O2. The molecular weight excluding hydrogens is 164 g/mol. The van der Waals surface area contributed by atoms with Crippen molar-refractivity contribution >= 4 is 5.57 Å². The Bertz CT molecular complexity index is 392. The van der Waals surface area contributed by atoms with E-state index in [4.69, 9.17) is 0 Å². The summed E-state index contributed by atoms with van der Waals surface area (Å²) in [6.45, 7) is 3.72. The van der Waals surface area contributed by atoms with Gasteiger partial charge in [0.1, 0.15) is 0 Å². The van der Waals surface area contributed by atoms with E-state index in [1.807, 2.05) is 19.9 Å². The maximum atomic E-state index is 11.2. The molecule has 0 saturated carbocycles. The van der Waals surface area contributed by atoms with Crippen molar-refractivity contribution < 1.29 is 5.11 Å². The quantitative estimate of drug-likeness (QED) is 0.712. The first kappa shape index (κ1) is 9.52. The summed E-state index contributed by atoms with van der Waals surface area (Å²) in [5, 5.41) is 9.51. The van der Waals surface area contributed by atoms with Gasteiger partial charge in [-0.2, -0.15) is 0 Å². The maximum Gasteiger partial charge on any atom is 0.220 e. The number of allylic oxidation sites excluding steroid dienone is 2. The molecule has 0 bridgehead atoms. The lowest BCUT2D eigenvalue weighted by Crippen LogP contribution is -1.95. The number of hydrogen-bond acceptors (Lipinski definition) is 2. The van der Waals surface area contributed by atoms with Crippen LogP contribution in [0.4, 0.5) is 0 Å². The van der Waals surface area contributed by atoms with Gasteiger partial charge in [0.2, 0.25) is 5.43 Å². The number of hydrogen-bond donors (Lipinski definition) is 1. The second-order valence-corrected chi connectivity index (χ2v) is 2.82. The zero-order valence-electron chi connectivity index (χ0n) is 7.74. The van der Waals surface area contributed by atoms with Crippen molar-refractivity contribution in [2.45, 2.75) is 13.8 Å². The topological polar surface area (TPSA) is 37.3 Å². The summed E-state index contributed by atoms with van der Waals surface area (Å²) in [6, 6.07) is 6.44. The van der Waals surface area contributed by atoms with Gasteiger partial charge in [-0.05, 0) is 25.5 Å². The second kappa shape index (κ2) is 3.90. The summed E-state index contributed by atoms with van der Waals surface area (Å²) in [4.78, 5) is 11.2. The molecule has 0 unspecified atom stereocenters. The maximum absolute atomic E-state index is 11.2. The van der Waals surface area contributed by atoms with Crippen LogP contribution < -0.4 is 5.43 Å². The van der Waals surface area contributed by atoms with E-state index in [-0.39, 0.29) is 11.2 Å². The van der Waals surface area contributed by atoms with Gasteiger partial charge in [0.25, 0.3) is 0 Å². The minimum absolute atomic E-state index is 0.180. The van der Waals surface area contributed by atoms with E-state index < -0.39 is 0 Å². The fraction of sp³-hybridized carbons (Fsp3) is 0.182. The largest absolute Gasteiger partial charge is 0.504 e. The van der Waals surface area contributed by atoms with E-state index in [1.165, 1.54) is 6.07 Å². The highest BCUT2D eigenvalue weighted by Crippen LogP contribution is 2.19. The number of aromatic hydroxyl groups is 1. The molecule has 1 N–H and O–H groups in total. The molecule has 2 heteroatoms. The van der Waals surface area contributed by atoms with E-state index in [1.54, 1.807) is 18.2 Å². The Morgan fingerprint density at radius 3 is 2.62 bits per heavy atom. The van der Waals surface area contributed by atoms with Crippen LogP contribution in [0.2, 0.25) is 0 Å². The van der Waals surface area contributed by atoms with Crippen molar-refractivity contribution in [2.75, 3.05) is 0 Å². The minimum Gasteiger partial charge on any atom is -0.504 e. The molecule has 1 rings (SSSR count). The average molecular weight is 176 g/mol. The summed E-state index contributed by atoms with van der Waals surface area (Å²) in [7, 11) is 0. The van der Waals surface area contributed by atoms with Gasteiger partial charge in [0.15, 0.2) is 5.75 Å². The lowest BCUT2D eigenvalue weighted by molar-refractivity contribution is 0.469. The molecule has 0 aliphatic rings.